The van der Waals surface area contributed by atoms with Crippen LogP contribution in [0.1, 0.15) is 12.0 Å². The molecular weight excluding hydrogens is 416 g/mol. The number of nitrogens with zero attached hydrogens (tertiary/aromatic N) is 2. The van der Waals surface area contributed by atoms with Gasteiger partial charge in [0.25, 0.3) is 5.88 Å². The zero-order chi connectivity index (χ0) is 21.1. The molecule has 2 aromatic heterocycles. The molecule has 2 fully saturated rings. The molecule has 1 spiro atoms. The monoisotopic (exact) mass is 434 g/mol. The van der Waals surface area contributed by atoms with E-state index < -0.39 is 12.1 Å². The molecule has 2 aliphatic heterocycles. The van der Waals surface area contributed by atoms with Gasteiger partial charge in [0.1, 0.15) is 6.10 Å². The largest absolute Gasteiger partial charge is 0.490 e. The van der Waals surface area contributed by atoms with E-state index in [-0.39, 0.29) is 22.5 Å². The van der Waals surface area contributed by atoms with Crippen LogP contribution in [0.2, 0.25) is 0 Å². The average molecular weight is 434 g/mol. The molecule has 0 aromatic carbocycles. The van der Waals surface area contributed by atoms with Crippen molar-refractivity contribution in [2.24, 2.45) is 0 Å². The highest BCUT2D eigenvalue weighted by Gasteiger charge is 2.49. The number of carbonyl (C=O) groups is 1. The Kier molecular flexibility index (Phi) is 6.37. The Hall–Kier alpha value is -2.27. The topological polar surface area (TPSA) is 75.8 Å². The van der Waals surface area contributed by atoms with Crippen LogP contribution >= 0.6 is 11.8 Å². The first-order valence-electron chi connectivity index (χ1n) is 8.61. The number of hydrogen-bond donors (Lipinski definition) is 1. The van der Waals surface area contributed by atoms with Crippen molar-refractivity contribution in [2.45, 2.75) is 30.0 Å². The van der Waals surface area contributed by atoms with Crippen molar-refractivity contribution in [3.8, 4) is 5.88 Å². The number of aliphatic carboxylic acids is 1. The van der Waals surface area contributed by atoms with Gasteiger partial charge in [0.05, 0.1) is 12.5 Å². The van der Waals surface area contributed by atoms with Crippen LogP contribution in [0.15, 0.2) is 41.3 Å². The van der Waals surface area contributed by atoms with Crippen LogP contribution in [-0.4, -0.2) is 56.8 Å². The van der Waals surface area contributed by atoms with E-state index in [0.717, 1.165) is 31.8 Å². The molecule has 1 unspecified atom stereocenters. The summed E-state index contributed by atoms with van der Waals surface area (Å²) in [6.45, 7) is 3.03. The molecule has 2 saturated heterocycles. The minimum Gasteiger partial charge on any atom is -0.475 e. The Morgan fingerprint density at radius 1 is 1.41 bits per heavy atom. The summed E-state index contributed by atoms with van der Waals surface area (Å²) in [4.78, 5) is 15.3. The molecule has 1 N–H and O–H groups in total. The molecule has 0 radical (unpaired) electrons. The predicted octanol–water partition coefficient (Wildman–Crippen LogP) is 3.59. The van der Waals surface area contributed by atoms with Crippen LogP contribution < -0.4 is 4.74 Å². The van der Waals surface area contributed by atoms with Crippen molar-refractivity contribution in [3.63, 3.8) is 0 Å². The van der Waals surface area contributed by atoms with Crippen LogP contribution in [-0.2, 0) is 11.3 Å². The van der Waals surface area contributed by atoms with Crippen LogP contribution in [0.3, 0.4) is 0 Å². The average Bonchev–Trinajstić information content (AvgIpc) is 3.27. The Labute approximate surface area is 167 Å². The van der Waals surface area contributed by atoms with E-state index >= 15 is 0 Å². The van der Waals surface area contributed by atoms with E-state index in [1.807, 2.05) is 17.8 Å². The summed E-state index contributed by atoms with van der Waals surface area (Å²) in [6, 6.07) is 4.96. The molecule has 6 nitrogen and oxygen atoms in total. The number of pyridine rings is 1. The number of hydrogen-bond acceptors (Lipinski definition) is 6. The summed E-state index contributed by atoms with van der Waals surface area (Å²) in [6.07, 6.45) is 0.982. The summed E-state index contributed by atoms with van der Waals surface area (Å²) in [7, 11) is 0. The first-order valence-corrected chi connectivity index (χ1v) is 9.60. The highest BCUT2D eigenvalue weighted by Crippen LogP contribution is 2.46. The molecule has 0 saturated carbocycles. The summed E-state index contributed by atoms with van der Waals surface area (Å²) in [5.41, 5.74) is 1.21. The number of aromatic nitrogens is 1. The second-order valence-electron chi connectivity index (χ2n) is 6.81. The lowest BCUT2D eigenvalue weighted by molar-refractivity contribution is -0.192. The molecular formula is C18H18F4N2O4S. The number of carboxylic acids is 1. The maximum absolute atomic E-state index is 13.6. The van der Waals surface area contributed by atoms with Gasteiger partial charge in [-0.1, -0.05) is 0 Å². The quantitative estimate of drug-likeness (QED) is 0.737. The molecule has 29 heavy (non-hydrogen) atoms. The number of rotatable bonds is 4. The van der Waals surface area contributed by atoms with Crippen molar-refractivity contribution in [1.29, 1.82) is 0 Å². The van der Waals surface area contributed by atoms with Crippen molar-refractivity contribution >= 4 is 17.7 Å². The van der Waals surface area contributed by atoms with Crippen LogP contribution in [0, 0.1) is 5.82 Å². The first kappa shape index (κ1) is 21.4. The van der Waals surface area contributed by atoms with Gasteiger partial charge in [-0.2, -0.15) is 13.2 Å². The predicted molar refractivity (Wildman–Crippen MR) is 96.1 cm³/mol. The third-order valence-electron chi connectivity index (χ3n) is 4.43. The van der Waals surface area contributed by atoms with Gasteiger partial charge in [0, 0.05) is 48.3 Å². The minimum absolute atomic E-state index is 0.0467. The maximum Gasteiger partial charge on any atom is 0.490 e. The van der Waals surface area contributed by atoms with E-state index in [0.29, 0.717) is 0 Å². The molecule has 158 valence electrons. The van der Waals surface area contributed by atoms with Crippen molar-refractivity contribution in [2.75, 3.05) is 18.8 Å². The van der Waals surface area contributed by atoms with Crippen LogP contribution in [0.4, 0.5) is 17.6 Å². The van der Waals surface area contributed by atoms with Crippen molar-refractivity contribution < 1.29 is 36.6 Å². The molecule has 2 aromatic rings. The maximum atomic E-state index is 13.6. The summed E-state index contributed by atoms with van der Waals surface area (Å²) >= 11 is 1.94. The fraction of sp³-hybridized carbons (Fsp3) is 0.444. The molecule has 11 heteroatoms. The summed E-state index contributed by atoms with van der Waals surface area (Å²) in [5.74, 6) is -2.12. The van der Waals surface area contributed by atoms with Gasteiger partial charge in [-0.25, -0.2) is 14.2 Å². The Morgan fingerprint density at radius 3 is 2.72 bits per heavy atom. The third kappa shape index (κ3) is 5.63. The second-order valence-corrected chi connectivity index (χ2v) is 8.30. The number of thioether (sulfide) groups is 1. The van der Waals surface area contributed by atoms with Gasteiger partial charge in [0.15, 0.2) is 5.82 Å². The standard InChI is InChI=1S/C16H17FN2O2S.C2HF3O2/c17-14-2-1-4-18-15(14)21-13-6-16(22-9-13)10-19(11-16)7-12-3-5-20-8-12;3-2(4,5)1(6)7/h1-5,8,13H,6-7,9-11H2;(H,6,7). The molecule has 4 heterocycles. The van der Waals surface area contributed by atoms with Crippen LogP contribution in [0.5, 0.6) is 5.88 Å². The molecule has 0 aliphatic carbocycles. The van der Waals surface area contributed by atoms with Gasteiger partial charge in [-0.15, -0.1) is 11.8 Å². The summed E-state index contributed by atoms with van der Waals surface area (Å²) < 4.78 is 56.4. The minimum atomic E-state index is -5.08. The van der Waals surface area contributed by atoms with Gasteiger partial charge in [0.2, 0.25) is 0 Å². The number of ether oxygens (including phenoxy) is 1. The van der Waals surface area contributed by atoms with Gasteiger partial charge in [-0.3, -0.25) is 4.90 Å². The lowest BCUT2D eigenvalue weighted by atomic mass is 9.92. The molecule has 0 amide bonds. The van der Waals surface area contributed by atoms with E-state index in [9.17, 15) is 17.6 Å². The van der Waals surface area contributed by atoms with Gasteiger partial charge < -0.3 is 14.3 Å². The van der Waals surface area contributed by atoms with Crippen molar-refractivity contribution in [1.82, 2.24) is 9.88 Å². The Bertz CT molecular complexity index is 826. The highest BCUT2D eigenvalue weighted by atomic mass is 32.2. The fourth-order valence-corrected chi connectivity index (χ4v) is 4.81. The first-order chi connectivity index (χ1) is 13.7. The number of furan rings is 1. The van der Waals surface area contributed by atoms with E-state index in [1.54, 1.807) is 24.8 Å². The number of carboxylic acid groups (broad SMARTS) is 1. The van der Waals surface area contributed by atoms with Crippen LogP contribution in [0.25, 0.3) is 0 Å². The molecule has 1 atom stereocenters. The zero-order valence-corrected chi connectivity index (χ0v) is 15.9. The highest BCUT2D eigenvalue weighted by molar-refractivity contribution is 8.01. The lowest BCUT2D eigenvalue weighted by Crippen LogP contribution is -2.58. The van der Waals surface area contributed by atoms with Gasteiger partial charge >= 0.3 is 12.1 Å². The Morgan fingerprint density at radius 2 is 2.14 bits per heavy atom. The number of likely N-dealkylation sites (tertiary alicyclic amines) is 1. The van der Waals surface area contributed by atoms with Crippen molar-refractivity contribution in [3.05, 3.63) is 48.3 Å². The van der Waals surface area contributed by atoms with Gasteiger partial charge in [-0.05, 0) is 18.2 Å². The molecule has 0 bridgehead atoms. The normalized spacial score (nSPS) is 20.6. The summed E-state index contributed by atoms with van der Waals surface area (Å²) in [5, 5.41) is 7.12. The van der Waals surface area contributed by atoms with E-state index in [1.165, 1.54) is 11.6 Å². The number of alkyl halides is 3. The second kappa shape index (κ2) is 8.62. The van der Waals surface area contributed by atoms with E-state index in [4.69, 9.17) is 19.1 Å². The van der Waals surface area contributed by atoms with E-state index in [2.05, 4.69) is 9.88 Å². The SMILES string of the molecule is Fc1cccnc1OC1CSC2(C1)CN(Cc1ccoc1)C2.O=C(O)C(F)(F)F. The number of halogens is 4. The lowest BCUT2D eigenvalue weighted by Gasteiger charge is -2.47. The Balaban J connectivity index is 0.000000298. The third-order valence-corrected chi connectivity index (χ3v) is 6.01. The zero-order valence-electron chi connectivity index (χ0n) is 15.1. The molecule has 4 rings (SSSR count). The smallest absolute Gasteiger partial charge is 0.475 e. The fourth-order valence-electron chi connectivity index (χ4n) is 3.24. The molecule has 2 aliphatic rings.